The van der Waals surface area contributed by atoms with Crippen LogP contribution in [0.2, 0.25) is 0 Å². The number of carbonyl (C=O) groups is 2. The zero-order chi connectivity index (χ0) is 12.0. The Labute approximate surface area is 95.1 Å². The number of ketones is 2. The summed E-state index contributed by atoms with van der Waals surface area (Å²) >= 11 is 0. The first-order valence-electron chi connectivity index (χ1n) is 5.36. The Kier molecular flexibility index (Phi) is 4.70. The molecular weight excluding hydrogens is 204 g/mol. The van der Waals surface area contributed by atoms with E-state index in [2.05, 4.69) is 0 Å². The summed E-state index contributed by atoms with van der Waals surface area (Å²) < 4.78 is 5.04. The van der Waals surface area contributed by atoms with E-state index in [9.17, 15) is 9.59 Å². The van der Waals surface area contributed by atoms with E-state index in [-0.39, 0.29) is 23.9 Å². The molecule has 0 unspecified atom stereocenters. The van der Waals surface area contributed by atoms with Gasteiger partial charge in [0, 0.05) is 18.8 Å². The van der Waals surface area contributed by atoms with Crippen LogP contribution in [0.15, 0.2) is 28.9 Å². The number of furan rings is 1. The second-order valence-corrected chi connectivity index (χ2v) is 3.94. The highest BCUT2D eigenvalue weighted by Gasteiger charge is 2.08. The molecule has 0 saturated heterocycles. The molecule has 86 valence electrons. The van der Waals surface area contributed by atoms with Crippen molar-refractivity contribution in [2.45, 2.75) is 26.7 Å². The highest BCUT2D eigenvalue weighted by molar-refractivity contribution is 5.95. The lowest BCUT2D eigenvalue weighted by Crippen LogP contribution is -2.08. The van der Waals surface area contributed by atoms with Gasteiger partial charge in [-0.25, -0.2) is 0 Å². The fraction of sp³-hybridized carbons (Fsp3) is 0.385. The normalized spacial score (nSPS) is 11.2. The average molecular weight is 220 g/mol. The Morgan fingerprint density at radius 2 is 2.12 bits per heavy atom. The molecule has 3 heteroatoms. The van der Waals surface area contributed by atoms with E-state index in [4.69, 9.17) is 4.42 Å². The van der Waals surface area contributed by atoms with Crippen molar-refractivity contribution >= 4 is 17.6 Å². The maximum atomic E-state index is 11.4. The summed E-state index contributed by atoms with van der Waals surface area (Å²) in [6, 6.07) is 3.52. The molecule has 0 radical (unpaired) electrons. The summed E-state index contributed by atoms with van der Waals surface area (Å²) in [5.41, 5.74) is 0. The minimum Gasteiger partial charge on any atom is -0.465 e. The zero-order valence-electron chi connectivity index (χ0n) is 9.60. The minimum atomic E-state index is -0.0506. The van der Waals surface area contributed by atoms with Gasteiger partial charge in [-0.1, -0.05) is 13.8 Å². The van der Waals surface area contributed by atoms with Crippen molar-refractivity contribution in [2.75, 3.05) is 0 Å². The van der Waals surface area contributed by atoms with Crippen LogP contribution in [-0.2, 0) is 9.59 Å². The topological polar surface area (TPSA) is 47.3 Å². The van der Waals surface area contributed by atoms with E-state index in [1.54, 1.807) is 24.5 Å². The predicted octanol–water partition coefficient (Wildman–Crippen LogP) is 2.87. The molecule has 0 aliphatic carbocycles. The SMILES string of the molecule is CC(C)C(=O)CCC(=O)/C=C/c1ccco1. The van der Waals surface area contributed by atoms with Crippen LogP contribution >= 0.6 is 0 Å². The fourth-order valence-electron chi connectivity index (χ4n) is 1.18. The van der Waals surface area contributed by atoms with Crippen molar-refractivity contribution in [3.63, 3.8) is 0 Å². The Morgan fingerprint density at radius 1 is 1.38 bits per heavy atom. The van der Waals surface area contributed by atoms with Crippen molar-refractivity contribution in [3.05, 3.63) is 30.2 Å². The highest BCUT2D eigenvalue weighted by Crippen LogP contribution is 2.05. The second-order valence-electron chi connectivity index (χ2n) is 3.94. The first kappa shape index (κ1) is 12.4. The molecule has 1 heterocycles. The molecule has 0 N–H and O–H groups in total. The van der Waals surface area contributed by atoms with Gasteiger partial charge in [-0.05, 0) is 24.3 Å². The van der Waals surface area contributed by atoms with Gasteiger partial charge in [0.2, 0.25) is 0 Å². The van der Waals surface area contributed by atoms with Gasteiger partial charge in [0.15, 0.2) is 5.78 Å². The summed E-state index contributed by atoms with van der Waals surface area (Å²) in [5.74, 6) is 0.718. The van der Waals surface area contributed by atoms with Crippen molar-refractivity contribution in [1.82, 2.24) is 0 Å². The first-order valence-corrected chi connectivity index (χ1v) is 5.36. The number of hydrogen-bond donors (Lipinski definition) is 0. The number of allylic oxidation sites excluding steroid dienone is 1. The smallest absolute Gasteiger partial charge is 0.156 e. The molecule has 1 aromatic rings. The van der Waals surface area contributed by atoms with Crippen molar-refractivity contribution in [2.24, 2.45) is 5.92 Å². The van der Waals surface area contributed by atoms with Crippen LogP contribution in [0.25, 0.3) is 6.08 Å². The quantitative estimate of drug-likeness (QED) is 0.692. The Morgan fingerprint density at radius 3 is 2.69 bits per heavy atom. The molecule has 1 aromatic heterocycles. The van der Waals surface area contributed by atoms with Gasteiger partial charge >= 0.3 is 0 Å². The van der Waals surface area contributed by atoms with Crippen molar-refractivity contribution in [3.8, 4) is 0 Å². The Bertz CT molecular complexity index is 372. The van der Waals surface area contributed by atoms with Crippen LogP contribution in [-0.4, -0.2) is 11.6 Å². The first-order chi connectivity index (χ1) is 7.59. The second kappa shape index (κ2) is 6.05. The molecule has 0 aromatic carbocycles. The molecule has 0 atom stereocenters. The third-order valence-electron chi connectivity index (χ3n) is 2.24. The molecule has 0 amide bonds. The van der Waals surface area contributed by atoms with Gasteiger partial charge in [-0.3, -0.25) is 9.59 Å². The maximum absolute atomic E-state index is 11.4. The average Bonchev–Trinajstić information content (AvgIpc) is 2.75. The van der Waals surface area contributed by atoms with Gasteiger partial charge in [-0.2, -0.15) is 0 Å². The van der Waals surface area contributed by atoms with E-state index >= 15 is 0 Å². The van der Waals surface area contributed by atoms with Crippen LogP contribution in [0.3, 0.4) is 0 Å². The van der Waals surface area contributed by atoms with E-state index in [1.807, 2.05) is 13.8 Å². The van der Waals surface area contributed by atoms with Gasteiger partial charge in [0.25, 0.3) is 0 Å². The summed E-state index contributed by atoms with van der Waals surface area (Å²) in [6.45, 7) is 3.68. The van der Waals surface area contributed by atoms with Crippen LogP contribution < -0.4 is 0 Å². The molecule has 0 bridgehead atoms. The largest absolute Gasteiger partial charge is 0.465 e. The Balaban J connectivity index is 2.34. The molecule has 16 heavy (non-hydrogen) atoms. The number of carbonyl (C=O) groups excluding carboxylic acids is 2. The predicted molar refractivity (Wildman–Crippen MR) is 61.8 cm³/mol. The standard InChI is InChI=1S/C13H16O3/c1-10(2)13(15)8-6-11(14)5-7-12-4-3-9-16-12/h3-5,7,9-10H,6,8H2,1-2H3/b7-5+. The lowest BCUT2D eigenvalue weighted by molar-refractivity contribution is -0.124. The monoisotopic (exact) mass is 220 g/mol. The summed E-state index contributed by atoms with van der Waals surface area (Å²) in [7, 11) is 0. The number of rotatable bonds is 6. The maximum Gasteiger partial charge on any atom is 0.156 e. The van der Waals surface area contributed by atoms with Crippen LogP contribution in [0, 0.1) is 5.92 Å². The molecule has 0 aliphatic rings. The fourth-order valence-corrected chi connectivity index (χ4v) is 1.18. The lowest BCUT2D eigenvalue weighted by atomic mass is 10.0. The van der Waals surface area contributed by atoms with Gasteiger partial charge in [0.1, 0.15) is 11.5 Å². The highest BCUT2D eigenvalue weighted by atomic mass is 16.3. The molecule has 0 spiro atoms. The Hall–Kier alpha value is -1.64. The molecule has 3 nitrogen and oxygen atoms in total. The molecule has 0 fully saturated rings. The lowest BCUT2D eigenvalue weighted by Gasteiger charge is -2.00. The van der Waals surface area contributed by atoms with Gasteiger partial charge in [0.05, 0.1) is 6.26 Å². The molecule has 0 aliphatic heterocycles. The summed E-state index contributed by atoms with van der Waals surface area (Å²) in [5, 5.41) is 0. The van der Waals surface area contributed by atoms with E-state index in [0.29, 0.717) is 12.2 Å². The van der Waals surface area contributed by atoms with Gasteiger partial charge in [-0.15, -0.1) is 0 Å². The third-order valence-corrected chi connectivity index (χ3v) is 2.24. The minimum absolute atomic E-state index is 0.00172. The summed E-state index contributed by atoms with van der Waals surface area (Å²) in [6.07, 6.45) is 5.20. The number of hydrogen-bond acceptors (Lipinski definition) is 3. The van der Waals surface area contributed by atoms with Crippen LogP contribution in [0.4, 0.5) is 0 Å². The van der Waals surface area contributed by atoms with Crippen molar-refractivity contribution < 1.29 is 14.0 Å². The van der Waals surface area contributed by atoms with E-state index in [1.165, 1.54) is 6.08 Å². The van der Waals surface area contributed by atoms with Crippen molar-refractivity contribution in [1.29, 1.82) is 0 Å². The summed E-state index contributed by atoms with van der Waals surface area (Å²) in [4.78, 5) is 22.7. The molecular formula is C13H16O3. The molecule has 0 saturated carbocycles. The van der Waals surface area contributed by atoms with Crippen LogP contribution in [0.1, 0.15) is 32.4 Å². The van der Waals surface area contributed by atoms with Gasteiger partial charge < -0.3 is 4.42 Å². The van der Waals surface area contributed by atoms with Crippen LogP contribution in [0.5, 0.6) is 0 Å². The number of Topliss-reactive ketones (excluding diaryl/α,β-unsaturated/α-hetero) is 1. The van der Waals surface area contributed by atoms with E-state index in [0.717, 1.165) is 0 Å². The third kappa shape index (κ3) is 4.26. The molecule has 1 rings (SSSR count). The zero-order valence-corrected chi connectivity index (χ0v) is 9.60. The van der Waals surface area contributed by atoms with E-state index < -0.39 is 0 Å².